The first-order valence-corrected chi connectivity index (χ1v) is 14.4. The number of hydrogen-bond donors (Lipinski definition) is 2. The van der Waals surface area contributed by atoms with Crippen LogP contribution in [0.1, 0.15) is 20.9 Å². The Hall–Kier alpha value is -2.64. The molecule has 0 saturated carbocycles. The minimum atomic E-state index is 0.634. The van der Waals surface area contributed by atoms with Crippen LogP contribution < -0.4 is 10.7 Å². The van der Waals surface area contributed by atoms with Gasteiger partial charge in [-0.25, -0.2) is 0 Å². The van der Waals surface area contributed by atoms with E-state index < -0.39 is 0 Å². The zero-order valence-corrected chi connectivity index (χ0v) is 22.4. The summed E-state index contributed by atoms with van der Waals surface area (Å²) >= 11 is 7.21. The molecule has 2 nitrogen and oxygen atoms in total. The van der Waals surface area contributed by atoms with E-state index in [0.29, 0.717) is 10.7 Å². The number of aryl methyl sites for hydroxylation is 4. The van der Waals surface area contributed by atoms with Crippen LogP contribution in [0.3, 0.4) is 0 Å². The number of hydrogen-bond acceptors (Lipinski definition) is 6. The van der Waals surface area contributed by atoms with Crippen LogP contribution in [0.25, 0.3) is 61.2 Å². The fourth-order valence-electron chi connectivity index (χ4n) is 5.36. The molecular weight excluding hydrogens is 493 g/mol. The van der Waals surface area contributed by atoms with Gasteiger partial charge in [0, 0.05) is 71.0 Å². The molecule has 6 heteroatoms. The van der Waals surface area contributed by atoms with E-state index >= 15 is 0 Å². The second-order valence-corrected chi connectivity index (χ2v) is 13.7. The van der Waals surface area contributed by atoms with Gasteiger partial charge in [-0.3, -0.25) is 10.8 Å². The Labute approximate surface area is 212 Å². The number of rotatable bonds is 2. The van der Waals surface area contributed by atoms with E-state index in [4.69, 9.17) is 10.8 Å². The molecule has 0 bridgehead atoms. The van der Waals surface area contributed by atoms with E-state index in [1.807, 2.05) is 22.7 Å². The first kappa shape index (κ1) is 20.7. The summed E-state index contributed by atoms with van der Waals surface area (Å²) in [6.45, 7) is 8.59. The van der Waals surface area contributed by atoms with E-state index in [1.54, 1.807) is 22.7 Å². The predicted octanol–water partition coefficient (Wildman–Crippen LogP) is 8.95. The average molecular weight is 513 g/mol. The fraction of sp³-hybridized carbons (Fsp3) is 0.143. The number of nitrogens with one attached hydrogen (secondary N) is 2. The predicted molar refractivity (Wildman–Crippen MR) is 152 cm³/mol. The van der Waals surface area contributed by atoms with Gasteiger partial charge in [-0.2, -0.15) is 0 Å². The van der Waals surface area contributed by atoms with Gasteiger partial charge in [0.2, 0.25) is 0 Å². The van der Waals surface area contributed by atoms with Crippen molar-refractivity contribution in [1.29, 1.82) is 10.8 Å². The van der Waals surface area contributed by atoms with E-state index in [-0.39, 0.29) is 0 Å². The lowest BCUT2D eigenvalue weighted by Crippen LogP contribution is -2.00. The third-order valence-corrected chi connectivity index (χ3v) is 11.6. The molecule has 0 aliphatic rings. The number of fused-ring (bicyclic) bond motifs is 6. The lowest BCUT2D eigenvalue weighted by Gasteiger charge is -2.06. The topological polar surface area (TPSA) is 47.7 Å². The average Bonchev–Trinajstić information content (AvgIpc) is 3.60. The van der Waals surface area contributed by atoms with Crippen molar-refractivity contribution in [2.24, 2.45) is 0 Å². The highest BCUT2D eigenvalue weighted by Gasteiger charge is 2.24. The Morgan fingerprint density at radius 2 is 0.912 bits per heavy atom. The van der Waals surface area contributed by atoms with Crippen LogP contribution in [0.2, 0.25) is 0 Å². The maximum atomic E-state index is 9.13. The second-order valence-electron chi connectivity index (χ2n) is 9.03. The maximum absolute atomic E-state index is 9.13. The summed E-state index contributed by atoms with van der Waals surface area (Å²) in [4.78, 5) is 7.63. The molecule has 4 aromatic heterocycles. The zero-order valence-electron chi connectivity index (χ0n) is 19.1. The molecule has 2 N–H and O–H groups in total. The number of thiophene rings is 4. The molecule has 3 aromatic carbocycles. The van der Waals surface area contributed by atoms with Gasteiger partial charge in [0.15, 0.2) is 0 Å². The molecule has 0 saturated heterocycles. The Balaban J connectivity index is 1.58. The van der Waals surface area contributed by atoms with Gasteiger partial charge in [0.05, 0.1) is 10.7 Å². The normalized spacial score (nSPS) is 12.4. The van der Waals surface area contributed by atoms with E-state index in [0.717, 1.165) is 32.7 Å². The largest absolute Gasteiger partial charge is 0.300 e. The summed E-state index contributed by atoms with van der Waals surface area (Å²) in [7, 11) is 0. The van der Waals surface area contributed by atoms with Gasteiger partial charge in [-0.05, 0) is 75.2 Å². The standard InChI is InChI=1S/C28H20N2S4/c1-11-5-7-17(31-11)19-9-15-25(29)21-14(4)24-22(13(3)23(21)27(15)33-19)26(30)16-10-20(34-28(16)24)18-8-6-12(2)32-18/h5-10,29-30H,1-4H3. The van der Waals surface area contributed by atoms with Crippen molar-refractivity contribution in [3.63, 3.8) is 0 Å². The molecule has 4 heterocycles. The minimum Gasteiger partial charge on any atom is -0.300 e. The van der Waals surface area contributed by atoms with Gasteiger partial charge in [0.1, 0.15) is 0 Å². The lowest BCUT2D eigenvalue weighted by molar-refractivity contribution is 1.33. The van der Waals surface area contributed by atoms with Crippen LogP contribution in [0.5, 0.6) is 0 Å². The quantitative estimate of drug-likeness (QED) is 0.232. The van der Waals surface area contributed by atoms with Crippen molar-refractivity contribution in [2.75, 3.05) is 0 Å². The van der Waals surface area contributed by atoms with Crippen molar-refractivity contribution in [2.45, 2.75) is 27.7 Å². The molecule has 166 valence electrons. The van der Waals surface area contributed by atoms with E-state index in [9.17, 15) is 0 Å². The van der Waals surface area contributed by atoms with Crippen LogP contribution in [0, 0.1) is 38.5 Å². The Morgan fingerprint density at radius 1 is 0.500 bits per heavy atom. The molecule has 0 radical (unpaired) electrons. The molecule has 0 amide bonds. The fourth-order valence-corrected chi connectivity index (χ4v) is 9.81. The first-order chi connectivity index (χ1) is 16.3. The van der Waals surface area contributed by atoms with E-state index in [1.165, 1.54) is 49.4 Å². The Morgan fingerprint density at radius 3 is 1.26 bits per heavy atom. The van der Waals surface area contributed by atoms with Crippen molar-refractivity contribution in [1.82, 2.24) is 0 Å². The third kappa shape index (κ3) is 2.60. The molecule has 0 fully saturated rings. The summed E-state index contributed by atoms with van der Waals surface area (Å²) in [5.74, 6) is 0. The summed E-state index contributed by atoms with van der Waals surface area (Å²) in [5.41, 5.74) is 2.30. The Kier molecular flexibility index (Phi) is 4.23. The highest BCUT2D eigenvalue weighted by molar-refractivity contribution is 7.27. The summed E-state index contributed by atoms with van der Waals surface area (Å²) in [6, 6.07) is 13.1. The lowest BCUT2D eigenvalue weighted by atomic mass is 9.98. The minimum absolute atomic E-state index is 0.634. The van der Waals surface area contributed by atoms with E-state index in [2.05, 4.69) is 64.1 Å². The molecule has 7 aromatic rings. The smallest absolute Gasteiger partial charge is 0.0709 e. The van der Waals surface area contributed by atoms with Crippen LogP contribution in [-0.2, 0) is 0 Å². The molecule has 34 heavy (non-hydrogen) atoms. The molecule has 0 unspecified atom stereocenters. The van der Waals surface area contributed by atoms with Gasteiger partial charge < -0.3 is 0 Å². The van der Waals surface area contributed by atoms with Crippen LogP contribution in [0.15, 0.2) is 36.4 Å². The van der Waals surface area contributed by atoms with Crippen molar-refractivity contribution in [3.8, 4) is 19.5 Å². The highest BCUT2D eigenvalue weighted by Crippen LogP contribution is 2.46. The summed E-state index contributed by atoms with van der Waals surface area (Å²) < 4.78 is 2.39. The maximum Gasteiger partial charge on any atom is 0.0709 e. The highest BCUT2D eigenvalue weighted by atomic mass is 32.1. The first-order valence-electron chi connectivity index (χ1n) is 11.1. The van der Waals surface area contributed by atoms with Crippen molar-refractivity contribution >= 4 is 87.1 Å². The van der Waals surface area contributed by atoms with Gasteiger partial charge in [-0.15, -0.1) is 45.3 Å². The number of benzene rings is 1. The second kappa shape index (κ2) is 6.95. The van der Waals surface area contributed by atoms with Gasteiger partial charge >= 0.3 is 0 Å². The molecule has 0 aliphatic heterocycles. The molecule has 0 spiro atoms. The molecule has 0 aliphatic carbocycles. The van der Waals surface area contributed by atoms with Crippen LogP contribution >= 0.6 is 45.3 Å². The molecule has 7 rings (SSSR count). The third-order valence-electron chi connectivity index (χ3n) is 6.92. The monoisotopic (exact) mass is 512 g/mol. The van der Waals surface area contributed by atoms with Crippen LogP contribution in [-0.4, -0.2) is 0 Å². The zero-order chi connectivity index (χ0) is 23.5. The molecule has 0 atom stereocenters. The molecular formula is C28H20N2S4. The summed E-state index contributed by atoms with van der Waals surface area (Å²) in [5, 5.41) is 26.1. The summed E-state index contributed by atoms with van der Waals surface area (Å²) in [6.07, 6.45) is 0. The SMILES string of the molecule is Cc1ccc(-c2cc3c(=N)c4c(C)c5c(c(C)c4c3s2)c(=N)c2cc(-c3ccc(C)s3)sc25)s1. The van der Waals surface area contributed by atoms with Crippen LogP contribution in [0.4, 0.5) is 0 Å². The van der Waals surface area contributed by atoms with Crippen molar-refractivity contribution < 1.29 is 0 Å². The van der Waals surface area contributed by atoms with Gasteiger partial charge in [-0.1, -0.05) is 0 Å². The Bertz CT molecular complexity index is 1900. The van der Waals surface area contributed by atoms with Gasteiger partial charge in [0.25, 0.3) is 0 Å². The van der Waals surface area contributed by atoms with Crippen molar-refractivity contribution in [3.05, 3.63) is 68.0 Å².